The molecule has 0 aliphatic rings. The van der Waals surface area contributed by atoms with Crippen molar-refractivity contribution in [3.8, 4) is 0 Å². The minimum Gasteiger partial charge on any atom is -0.378 e. The van der Waals surface area contributed by atoms with Crippen LogP contribution in [0.5, 0.6) is 0 Å². The summed E-state index contributed by atoms with van der Waals surface area (Å²) in [4.78, 5) is 0. The fraction of sp³-hybridized carbons (Fsp3) is 0.214. The molecule has 0 fully saturated rings. The summed E-state index contributed by atoms with van der Waals surface area (Å²) in [5.41, 5.74) is 4.54. The Hall–Kier alpha value is -1.85. The third-order valence-corrected chi connectivity index (χ3v) is 3.99. The molecule has 108 valence electrons. The highest BCUT2D eigenvalue weighted by molar-refractivity contribution is 6.35. The molecule has 5 nitrogen and oxygen atoms in total. The van der Waals surface area contributed by atoms with E-state index < -0.39 is 0 Å². The van der Waals surface area contributed by atoms with Crippen LogP contribution < -0.4 is 5.32 Å². The summed E-state index contributed by atoms with van der Waals surface area (Å²) < 4.78 is 1.66. The molecule has 2 heterocycles. The molecular formula is C14H13Cl2N5. The maximum absolute atomic E-state index is 6.19. The Balaban J connectivity index is 1.94. The fourth-order valence-corrected chi connectivity index (χ4v) is 2.59. The van der Waals surface area contributed by atoms with Crippen molar-refractivity contribution < 1.29 is 0 Å². The van der Waals surface area contributed by atoms with E-state index in [-0.39, 0.29) is 0 Å². The van der Waals surface area contributed by atoms with Crippen molar-refractivity contribution in [1.29, 1.82) is 0 Å². The minimum atomic E-state index is 0.572. The number of rotatable bonds is 3. The molecule has 1 aromatic carbocycles. The van der Waals surface area contributed by atoms with Gasteiger partial charge in [0.2, 0.25) is 5.65 Å². The largest absolute Gasteiger partial charge is 0.378 e. The number of hydrogen-bond donors (Lipinski definition) is 1. The molecule has 0 atom stereocenters. The molecule has 3 aromatic rings. The average molecular weight is 322 g/mol. The van der Waals surface area contributed by atoms with Gasteiger partial charge >= 0.3 is 0 Å². The van der Waals surface area contributed by atoms with Crippen LogP contribution in [0.2, 0.25) is 10.0 Å². The maximum atomic E-state index is 6.19. The lowest BCUT2D eigenvalue weighted by atomic mass is 10.2. The predicted molar refractivity (Wildman–Crippen MR) is 84.0 cm³/mol. The molecule has 0 spiro atoms. The standard InChI is InChI=1S/C14H13Cl2N5/c1-8-9(2)20-21-7-18-19-14(21)13(8)17-6-10-3-4-11(15)5-12(10)16/h3-5,7,17H,6H2,1-2H3. The number of nitrogens with one attached hydrogen (secondary N) is 1. The monoisotopic (exact) mass is 321 g/mol. The van der Waals surface area contributed by atoms with Crippen LogP contribution in [-0.4, -0.2) is 19.8 Å². The number of anilines is 1. The van der Waals surface area contributed by atoms with Crippen molar-refractivity contribution in [1.82, 2.24) is 19.8 Å². The summed E-state index contributed by atoms with van der Waals surface area (Å²) >= 11 is 12.1. The fourth-order valence-electron chi connectivity index (χ4n) is 2.11. The molecule has 0 amide bonds. The lowest BCUT2D eigenvalue weighted by molar-refractivity contribution is 0.881. The molecule has 0 aliphatic heterocycles. The first kappa shape index (κ1) is 14.1. The molecule has 1 N–H and O–H groups in total. The van der Waals surface area contributed by atoms with E-state index in [9.17, 15) is 0 Å². The summed E-state index contributed by atoms with van der Waals surface area (Å²) in [6, 6.07) is 5.46. The van der Waals surface area contributed by atoms with Crippen molar-refractivity contribution >= 4 is 34.5 Å². The Morgan fingerprint density at radius 2 is 2.05 bits per heavy atom. The minimum absolute atomic E-state index is 0.572. The van der Waals surface area contributed by atoms with Gasteiger partial charge in [-0.3, -0.25) is 0 Å². The first-order chi connectivity index (χ1) is 10.1. The lowest BCUT2D eigenvalue weighted by Crippen LogP contribution is -2.07. The molecule has 0 aliphatic carbocycles. The quantitative estimate of drug-likeness (QED) is 0.799. The number of benzene rings is 1. The van der Waals surface area contributed by atoms with Gasteiger partial charge in [-0.1, -0.05) is 29.3 Å². The van der Waals surface area contributed by atoms with Crippen LogP contribution in [0.4, 0.5) is 5.69 Å². The van der Waals surface area contributed by atoms with Gasteiger partial charge in [0.05, 0.1) is 11.4 Å². The van der Waals surface area contributed by atoms with Crippen LogP contribution in [0.15, 0.2) is 24.5 Å². The number of hydrogen-bond acceptors (Lipinski definition) is 4. The van der Waals surface area contributed by atoms with Gasteiger partial charge < -0.3 is 5.32 Å². The molecule has 0 saturated carbocycles. The second kappa shape index (κ2) is 5.50. The summed E-state index contributed by atoms with van der Waals surface area (Å²) in [7, 11) is 0. The van der Waals surface area contributed by atoms with Gasteiger partial charge in [-0.2, -0.15) is 9.61 Å². The maximum Gasteiger partial charge on any atom is 0.200 e. The van der Waals surface area contributed by atoms with Gasteiger partial charge in [-0.05, 0) is 37.1 Å². The SMILES string of the molecule is Cc1nn2cnnc2c(NCc2ccc(Cl)cc2Cl)c1C. The Morgan fingerprint density at radius 3 is 2.81 bits per heavy atom. The molecule has 0 radical (unpaired) electrons. The molecule has 2 aromatic heterocycles. The van der Waals surface area contributed by atoms with E-state index in [1.807, 2.05) is 26.0 Å². The Kier molecular flexibility index (Phi) is 3.69. The van der Waals surface area contributed by atoms with Gasteiger partial charge in [-0.15, -0.1) is 10.2 Å². The van der Waals surface area contributed by atoms with Crippen LogP contribution in [0.3, 0.4) is 0 Å². The highest BCUT2D eigenvalue weighted by Gasteiger charge is 2.12. The van der Waals surface area contributed by atoms with Crippen molar-refractivity contribution in [3.05, 3.63) is 51.4 Å². The number of aromatic nitrogens is 4. The van der Waals surface area contributed by atoms with Gasteiger partial charge in [0, 0.05) is 16.6 Å². The smallest absolute Gasteiger partial charge is 0.200 e. The zero-order valence-corrected chi connectivity index (χ0v) is 13.1. The first-order valence-corrected chi connectivity index (χ1v) is 7.17. The van der Waals surface area contributed by atoms with E-state index in [1.165, 1.54) is 0 Å². The topological polar surface area (TPSA) is 55.1 Å². The van der Waals surface area contributed by atoms with E-state index in [2.05, 4.69) is 20.6 Å². The van der Waals surface area contributed by atoms with Gasteiger partial charge in [0.25, 0.3) is 0 Å². The van der Waals surface area contributed by atoms with Crippen molar-refractivity contribution in [2.24, 2.45) is 0 Å². The van der Waals surface area contributed by atoms with E-state index in [1.54, 1.807) is 16.9 Å². The van der Waals surface area contributed by atoms with Gasteiger partial charge in [-0.25, -0.2) is 0 Å². The van der Waals surface area contributed by atoms with Crippen LogP contribution in [0, 0.1) is 13.8 Å². The zero-order chi connectivity index (χ0) is 15.0. The van der Waals surface area contributed by atoms with E-state index >= 15 is 0 Å². The summed E-state index contributed by atoms with van der Waals surface area (Å²) in [5, 5.41) is 17.0. The highest BCUT2D eigenvalue weighted by atomic mass is 35.5. The van der Waals surface area contributed by atoms with Crippen molar-refractivity contribution in [2.45, 2.75) is 20.4 Å². The normalized spacial score (nSPS) is 11.0. The molecule has 0 bridgehead atoms. The van der Waals surface area contributed by atoms with Gasteiger partial charge in [0.15, 0.2) is 0 Å². The van der Waals surface area contributed by atoms with E-state index in [4.69, 9.17) is 23.2 Å². The number of aryl methyl sites for hydroxylation is 1. The number of halogens is 2. The third kappa shape index (κ3) is 2.66. The van der Waals surface area contributed by atoms with Crippen LogP contribution >= 0.6 is 23.2 Å². The average Bonchev–Trinajstić information content (AvgIpc) is 2.89. The molecule has 0 unspecified atom stereocenters. The predicted octanol–water partition coefficient (Wildman–Crippen LogP) is 3.66. The van der Waals surface area contributed by atoms with Crippen molar-refractivity contribution in [3.63, 3.8) is 0 Å². The summed E-state index contributed by atoms with van der Waals surface area (Å²) in [5.74, 6) is 0. The van der Waals surface area contributed by atoms with Crippen LogP contribution in [-0.2, 0) is 6.54 Å². The van der Waals surface area contributed by atoms with Crippen molar-refractivity contribution in [2.75, 3.05) is 5.32 Å². The highest BCUT2D eigenvalue weighted by Crippen LogP contribution is 2.25. The molecule has 0 saturated heterocycles. The second-order valence-corrected chi connectivity index (χ2v) is 5.62. The molecule has 3 rings (SSSR count). The Bertz CT molecular complexity index is 812. The van der Waals surface area contributed by atoms with Gasteiger partial charge in [0.1, 0.15) is 6.33 Å². The van der Waals surface area contributed by atoms with Crippen LogP contribution in [0.25, 0.3) is 5.65 Å². The van der Waals surface area contributed by atoms with E-state index in [0.717, 1.165) is 22.5 Å². The zero-order valence-electron chi connectivity index (χ0n) is 11.6. The number of nitrogens with zero attached hydrogens (tertiary/aromatic N) is 4. The second-order valence-electron chi connectivity index (χ2n) is 4.77. The van der Waals surface area contributed by atoms with Crippen LogP contribution in [0.1, 0.15) is 16.8 Å². The Labute approximate surface area is 131 Å². The van der Waals surface area contributed by atoms with E-state index in [0.29, 0.717) is 22.2 Å². The molecule has 21 heavy (non-hydrogen) atoms. The Morgan fingerprint density at radius 1 is 1.24 bits per heavy atom. The third-order valence-electron chi connectivity index (χ3n) is 3.40. The molecular weight excluding hydrogens is 309 g/mol. The summed E-state index contributed by atoms with van der Waals surface area (Å²) in [6.45, 7) is 4.53. The molecule has 7 heteroatoms. The lowest BCUT2D eigenvalue weighted by Gasteiger charge is -2.13. The number of fused-ring (bicyclic) bond motifs is 1. The first-order valence-electron chi connectivity index (χ1n) is 6.41. The summed E-state index contributed by atoms with van der Waals surface area (Å²) in [6.07, 6.45) is 1.59.